The summed E-state index contributed by atoms with van der Waals surface area (Å²) in [5, 5.41) is 13.8. The Hall–Kier alpha value is -3.71. The summed E-state index contributed by atoms with van der Waals surface area (Å²) in [6.07, 6.45) is 0. The van der Waals surface area contributed by atoms with Crippen LogP contribution in [0, 0.1) is 24.0 Å². The topological polar surface area (TPSA) is 98.3 Å². The van der Waals surface area contributed by atoms with Gasteiger partial charge in [-0.25, -0.2) is 4.98 Å². The van der Waals surface area contributed by atoms with Crippen molar-refractivity contribution in [2.75, 3.05) is 5.32 Å². The molecule has 0 fully saturated rings. The molecule has 1 heterocycles. The van der Waals surface area contributed by atoms with Gasteiger partial charge in [0.05, 0.1) is 15.5 Å². The van der Waals surface area contributed by atoms with E-state index in [1.807, 2.05) is 32.0 Å². The molecule has 0 aliphatic rings. The number of rotatable bonds is 4. The molecule has 150 valence electrons. The highest BCUT2D eigenvalue weighted by Gasteiger charge is 2.17. The van der Waals surface area contributed by atoms with Crippen LogP contribution in [-0.4, -0.2) is 15.8 Å². The van der Waals surface area contributed by atoms with Gasteiger partial charge in [0.2, 0.25) is 5.89 Å². The number of aromatic nitrogens is 1. The van der Waals surface area contributed by atoms with Crippen molar-refractivity contribution in [3.05, 3.63) is 86.4 Å². The van der Waals surface area contributed by atoms with Crippen molar-refractivity contribution < 1.29 is 14.1 Å². The van der Waals surface area contributed by atoms with Crippen LogP contribution in [-0.2, 0) is 0 Å². The highest BCUT2D eigenvalue weighted by molar-refractivity contribution is 6.34. The van der Waals surface area contributed by atoms with Gasteiger partial charge in [0, 0.05) is 23.4 Å². The Morgan fingerprint density at radius 1 is 1.13 bits per heavy atom. The van der Waals surface area contributed by atoms with Gasteiger partial charge in [-0.3, -0.25) is 14.9 Å². The van der Waals surface area contributed by atoms with Crippen LogP contribution in [0.15, 0.2) is 59.0 Å². The number of amides is 1. The highest BCUT2D eigenvalue weighted by Crippen LogP contribution is 2.29. The molecule has 0 radical (unpaired) electrons. The standard InChI is InChI=1S/C22H16ClN3O4/c1-12-8-13(2)20-19(9-12)25-22(30-20)14-4-3-5-15(10-14)24-21(27)17-11-16(26(28)29)6-7-18(17)23/h3-11H,1-2H3,(H,24,27). The monoisotopic (exact) mass is 421 g/mol. The van der Waals surface area contributed by atoms with Gasteiger partial charge in [-0.05, 0) is 55.3 Å². The average molecular weight is 422 g/mol. The van der Waals surface area contributed by atoms with Crippen molar-refractivity contribution in [1.29, 1.82) is 0 Å². The van der Waals surface area contributed by atoms with E-state index in [-0.39, 0.29) is 16.3 Å². The van der Waals surface area contributed by atoms with Crippen LogP contribution in [0.1, 0.15) is 21.5 Å². The van der Waals surface area contributed by atoms with Crippen LogP contribution in [0.25, 0.3) is 22.6 Å². The molecule has 1 amide bonds. The third-order valence-electron chi connectivity index (χ3n) is 4.59. The third-order valence-corrected chi connectivity index (χ3v) is 4.92. The van der Waals surface area contributed by atoms with Crippen molar-refractivity contribution in [2.45, 2.75) is 13.8 Å². The molecule has 0 saturated carbocycles. The van der Waals surface area contributed by atoms with Gasteiger partial charge in [-0.2, -0.15) is 0 Å². The van der Waals surface area contributed by atoms with Crippen LogP contribution in [0.5, 0.6) is 0 Å². The van der Waals surface area contributed by atoms with E-state index < -0.39 is 10.8 Å². The molecular formula is C22H16ClN3O4. The molecule has 1 N–H and O–H groups in total. The SMILES string of the molecule is Cc1cc(C)c2oc(-c3cccc(NC(=O)c4cc([N+](=O)[O-])ccc4Cl)c3)nc2c1. The lowest BCUT2D eigenvalue weighted by atomic mass is 10.1. The van der Waals surface area contributed by atoms with E-state index in [1.165, 1.54) is 12.1 Å². The van der Waals surface area contributed by atoms with Crippen LogP contribution in [0.4, 0.5) is 11.4 Å². The molecule has 0 aliphatic carbocycles. The fourth-order valence-electron chi connectivity index (χ4n) is 3.23. The van der Waals surface area contributed by atoms with E-state index in [2.05, 4.69) is 10.3 Å². The van der Waals surface area contributed by atoms with Gasteiger partial charge in [0.1, 0.15) is 5.52 Å². The Labute approximate surface area is 176 Å². The zero-order chi connectivity index (χ0) is 21.4. The average Bonchev–Trinajstić information content (AvgIpc) is 3.12. The summed E-state index contributed by atoms with van der Waals surface area (Å²) in [4.78, 5) is 27.6. The number of non-ortho nitro benzene ring substituents is 1. The smallest absolute Gasteiger partial charge is 0.270 e. The predicted molar refractivity (Wildman–Crippen MR) is 115 cm³/mol. The first-order valence-corrected chi connectivity index (χ1v) is 9.43. The minimum absolute atomic E-state index is 0.0178. The summed E-state index contributed by atoms with van der Waals surface area (Å²) in [6, 6.07) is 14.7. The van der Waals surface area contributed by atoms with Gasteiger partial charge >= 0.3 is 0 Å². The quantitative estimate of drug-likeness (QED) is 0.325. The summed E-state index contributed by atoms with van der Waals surface area (Å²) >= 11 is 6.05. The molecule has 1 aromatic heterocycles. The summed E-state index contributed by atoms with van der Waals surface area (Å²) in [5.74, 6) is -0.118. The van der Waals surface area contributed by atoms with Crippen molar-refractivity contribution in [2.24, 2.45) is 0 Å². The number of fused-ring (bicyclic) bond motifs is 1. The van der Waals surface area contributed by atoms with Gasteiger partial charge in [-0.1, -0.05) is 23.7 Å². The van der Waals surface area contributed by atoms with E-state index in [0.29, 0.717) is 22.7 Å². The van der Waals surface area contributed by atoms with Gasteiger partial charge in [0.25, 0.3) is 11.6 Å². The van der Waals surface area contributed by atoms with Crippen LogP contribution >= 0.6 is 11.6 Å². The number of nitrogens with zero attached hydrogens (tertiary/aromatic N) is 2. The lowest BCUT2D eigenvalue weighted by Crippen LogP contribution is -2.12. The second-order valence-electron chi connectivity index (χ2n) is 6.91. The van der Waals surface area contributed by atoms with Crippen LogP contribution < -0.4 is 5.32 Å². The number of carbonyl (C=O) groups excluding carboxylic acids is 1. The number of anilines is 1. The first-order valence-electron chi connectivity index (χ1n) is 9.05. The van der Waals surface area contributed by atoms with Gasteiger partial charge in [-0.15, -0.1) is 0 Å². The number of halogens is 1. The van der Waals surface area contributed by atoms with Crippen molar-refractivity contribution >= 4 is 40.0 Å². The second-order valence-corrected chi connectivity index (χ2v) is 7.31. The molecule has 30 heavy (non-hydrogen) atoms. The molecule has 0 spiro atoms. The predicted octanol–water partition coefficient (Wildman–Crippen LogP) is 5.93. The molecule has 8 heteroatoms. The van der Waals surface area contributed by atoms with Gasteiger partial charge in [0.15, 0.2) is 5.58 Å². The van der Waals surface area contributed by atoms with Crippen LogP contribution in [0.3, 0.4) is 0 Å². The number of aryl methyl sites for hydroxylation is 2. The van der Waals surface area contributed by atoms with E-state index in [4.69, 9.17) is 16.0 Å². The Balaban J connectivity index is 1.65. The lowest BCUT2D eigenvalue weighted by Gasteiger charge is -2.07. The van der Waals surface area contributed by atoms with E-state index in [0.717, 1.165) is 22.7 Å². The van der Waals surface area contributed by atoms with Crippen molar-refractivity contribution in [3.63, 3.8) is 0 Å². The molecule has 4 aromatic rings. The van der Waals surface area contributed by atoms with E-state index >= 15 is 0 Å². The summed E-state index contributed by atoms with van der Waals surface area (Å²) in [7, 11) is 0. The lowest BCUT2D eigenvalue weighted by molar-refractivity contribution is -0.384. The molecule has 3 aromatic carbocycles. The van der Waals surface area contributed by atoms with E-state index in [9.17, 15) is 14.9 Å². The van der Waals surface area contributed by atoms with Crippen molar-refractivity contribution in [1.82, 2.24) is 4.98 Å². The van der Waals surface area contributed by atoms with Crippen LogP contribution in [0.2, 0.25) is 5.02 Å². The third kappa shape index (κ3) is 3.75. The number of carbonyl (C=O) groups is 1. The molecule has 4 rings (SSSR count). The molecule has 0 saturated heterocycles. The maximum Gasteiger partial charge on any atom is 0.270 e. The van der Waals surface area contributed by atoms with E-state index in [1.54, 1.807) is 18.2 Å². The summed E-state index contributed by atoms with van der Waals surface area (Å²) in [6.45, 7) is 3.96. The minimum Gasteiger partial charge on any atom is -0.436 e. The number of benzene rings is 3. The first kappa shape index (κ1) is 19.6. The largest absolute Gasteiger partial charge is 0.436 e. The number of hydrogen-bond donors (Lipinski definition) is 1. The number of hydrogen-bond acceptors (Lipinski definition) is 5. The Morgan fingerprint density at radius 3 is 2.70 bits per heavy atom. The Morgan fingerprint density at radius 2 is 1.93 bits per heavy atom. The number of nitro benzene ring substituents is 1. The fraction of sp³-hybridized carbons (Fsp3) is 0.0909. The fourth-order valence-corrected chi connectivity index (χ4v) is 3.43. The minimum atomic E-state index is -0.579. The molecule has 0 unspecified atom stereocenters. The molecule has 0 bridgehead atoms. The first-order chi connectivity index (χ1) is 14.3. The zero-order valence-electron chi connectivity index (χ0n) is 16.1. The second kappa shape index (κ2) is 7.61. The summed E-state index contributed by atoms with van der Waals surface area (Å²) in [5.41, 5.74) is 4.54. The number of nitrogens with one attached hydrogen (secondary N) is 1. The molecular weight excluding hydrogens is 406 g/mol. The van der Waals surface area contributed by atoms with Crippen molar-refractivity contribution in [3.8, 4) is 11.5 Å². The maximum atomic E-state index is 12.6. The normalized spacial score (nSPS) is 10.9. The van der Waals surface area contributed by atoms with Gasteiger partial charge < -0.3 is 9.73 Å². The highest BCUT2D eigenvalue weighted by atomic mass is 35.5. The Bertz CT molecular complexity index is 1310. The molecule has 0 aliphatic heterocycles. The molecule has 7 nitrogen and oxygen atoms in total. The summed E-state index contributed by atoms with van der Waals surface area (Å²) < 4.78 is 5.93. The number of oxazole rings is 1. The molecule has 0 atom stereocenters. The maximum absolute atomic E-state index is 12.6. The Kier molecular flexibility index (Phi) is 4.97. The number of nitro groups is 1. The zero-order valence-corrected chi connectivity index (χ0v) is 16.9.